The lowest BCUT2D eigenvalue weighted by Gasteiger charge is -2.21. The van der Waals surface area contributed by atoms with E-state index in [2.05, 4.69) is 10.4 Å². The third kappa shape index (κ3) is 1.70. The second-order valence-corrected chi connectivity index (χ2v) is 4.17. The lowest BCUT2D eigenvalue weighted by molar-refractivity contribution is 0.622. The van der Waals surface area contributed by atoms with Gasteiger partial charge in [0.2, 0.25) is 0 Å². The maximum Gasteiger partial charge on any atom is 0.148 e. The molecule has 3 nitrogen and oxygen atoms in total. The predicted molar refractivity (Wildman–Crippen MR) is 65.1 cm³/mol. The van der Waals surface area contributed by atoms with E-state index in [-0.39, 0.29) is 5.82 Å². The molecule has 0 fully saturated rings. The van der Waals surface area contributed by atoms with Gasteiger partial charge in [-0.2, -0.15) is 5.10 Å². The molecule has 2 heterocycles. The first-order valence-corrected chi connectivity index (χ1v) is 5.61. The van der Waals surface area contributed by atoms with E-state index in [1.807, 2.05) is 0 Å². The molecule has 86 valence electrons. The largest absolute Gasteiger partial charge is 0.340 e. The van der Waals surface area contributed by atoms with Crippen molar-refractivity contribution in [3.63, 3.8) is 0 Å². The van der Waals surface area contributed by atoms with Crippen LogP contribution in [0, 0.1) is 5.82 Å². The van der Waals surface area contributed by atoms with E-state index in [9.17, 15) is 4.39 Å². The van der Waals surface area contributed by atoms with Crippen molar-refractivity contribution >= 4 is 23.1 Å². The number of benzene rings is 1. The van der Waals surface area contributed by atoms with Crippen molar-refractivity contribution in [2.75, 3.05) is 5.32 Å². The molecule has 1 aliphatic heterocycles. The molecule has 1 aromatic carbocycles. The Morgan fingerprint density at radius 3 is 2.94 bits per heavy atom. The Morgan fingerprint density at radius 1 is 1.29 bits per heavy atom. The van der Waals surface area contributed by atoms with E-state index in [1.54, 1.807) is 41.2 Å². The van der Waals surface area contributed by atoms with E-state index in [1.165, 1.54) is 6.07 Å². The van der Waals surface area contributed by atoms with Crippen LogP contribution in [-0.2, 0) is 0 Å². The maximum absolute atomic E-state index is 13.7. The number of nitrogens with zero attached hydrogens (tertiary/aromatic N) is 2. The number of nitrogens with one attached hydrogen (secondary N) is 1. The van der Waals surface area contributed by atoms with Gasteiger partial charge in [-0.1, -0.05) is 23.7 Å². The van der Waals surface area contributed by atoms with E-state index in [0.29, 0.717) is 11.3 Å². The number of alkyl halides is 1. The van der Waals surface area contributed by atoms with Gasteiger partial charge in [0.25, 0.3) is 0 Å². The van der Waals surface area contributed by atoms with Crippen LogP contribution in [0.1, 0.15) is 11.1 Å². The highest BCUT2D eigenvalue weighted by Gasteiger charge is 2.19. The smallest absolute Gasteiger partial charge is 0.148 e. The number of anilines is 1. The second kappa shape index (κ2) is 3.89. The van der Waals surface area contributed by atoms with Crippen LogP contribution in [0.25, 0.3) is 5.70 Å². The minimum absolute atomic E-state index is 0.275. The van der Waals surface area contributed by atoms with Gasteiger partial charge in [-0.3, -0.25) is 0 Å². The Hall–Kier alpha value is -1.81. The number of aromatic nitrogens is 2. The zero-order chi connectivity index (χ0) is 11.8. The van der Waals surface area contributed by atoms with Crippen LogP contribution in [0.3, 0.4) is 0 Å². The van der Waals surface area contributed by atoms with Crippen LogP contribution in [-0.4, -0.2) is 9.78 Å². The zero-order valence-electron chi connectivity index (χ0n) is 8.77. The van der Waals surface area contributed by atoms with Crippen LogP contribution in [0.2, 0.25) is 0 Å². The Labute approximate surface area is 103 Å². The predicted octanol–water partition coefficient (Wildman–Crippen LogP) is 3.23. The SMILES string of the molecule is Fc1ccccc1C1=CC(Cl)n2nccc2N1. The summed E-state index contributed by atoms with van der Waals surface area (Å²) < 4.78 is 15.3. The summed E-state index contributed by atoms with van der Waals surface area (Å²) in [7, 11) is 0. The number of hydrogen-bond acceptors (Lipinski definition) is 2. The summed E-state index contributed by atoms with van der Waals surface area (Å²) in [5.74, 6) is 0.480. The van der Waals surface area contributed by atoms with E-state index in [4.69, 9.17) is 11.6 Å². The number of hydrogen-bond donors (Lipinski definition) is 1. The standard InChI is InChI=1S/C12H9ClFN3/c13-11-7-10(8-3-1-2-4-9(8)14)16-12-5-6-15-17(11)12/h1-7,11,16H. The Morgan fingerprint density at radius 2 is 2.12 bits per heavy atom. The number of rotatable bonds is 1. The van der Waals surface area contributed by atoms with Gasteiger partial charge in [-0.05, 0) is 18.2 Å². The van der Waals surface area contributed by atoms with Crippen molar-refractivity contribution in [3.05, 3.63) is 54.0 Å². The molecule has 1 aromatic heterocycles. The van der Waals surface area contributed by atoms with E-state index < -0.39 is 5.50 Å². The first kappa shape index (κ1) is 10.4. The fourth-order valence-corrected chi connectivity index (χ4v) is 2.12. The molecular weight excluding hydrogens is 241 g/mol. The van der Waals surface area contributed by atoms with Crippen LogP contribution < -0.4 is 5.32 Å². The molecule has 0 radical (unpaired) electrons. The molecule has 0 amide bonds. The van der Waals surface area contributed by atoms with Crippen molar-refractivity contribution in [3.8, 4) is 0 Å². The summed E-state index contributed by atoms with van der Waals surface area (Å²) in [6, 6.07) is 8.38. The summed E-state index contributed by atoms with van der Waals surface area (Å²) in [6.07, 6.45) is 3.38. The van der Waals surface area contributed by atoms with Gasteiger partial charge in [0.05, 0.1) is 6.20 Å². The molecule has 0 spiro atoms. The highest BCUT2D eigenvalue weighted by molar-refractivity contribution is 6.21. The summed E-state index contributed by atoms with van der Waals surface area (Å²) >= 11 is 6.15. The fraction of sp³-hybridized carbons (Fsp3) is 0.0833. The normalized spacial score (nSPS) is 18.2. The molecule has 3 rings (SSSR count). The minimum atomic E-state index is -0.407. The van der Waals surface area contributed by atoms with Gasteiger partial charge in [0, 0.05) is 17.3 Å². The summed E-state index contributed by atoms with van der Waals surface area (Å²) in [4.78, 5) is 0. The van der Waals surface area contributed by atoms with Crippen LogP contribution in [0.15, 0.2) is 42.6 Å². The van der Waals surface area contributed by atoms with Crippen LogP contribution in [0.5, 0.6) is 0 Å². The molecule has 1 N–H and O–H groups in total. The quantitative estimate of drug-likeness (QED) is 0.787. The highest BCUT2D eigenvalue weighted by Crippen LogP contribution is 2.31. The maximum atomic E-state index is 13.7. The monoisotopic (exact) mass is 249 g/mol. The highest BCUT2D eigenvalue weighted by atomic mass is 35.5. The first-order valence-electron chi connectivity index (χ1n) is 5.17. The molecule has 5 heteroatoms. The molecule has 0 saturated carbocycles. The summed E-state index contributed by atoms with van der Waals surface area (Å²) in [5.41, 5.74) is 0.762. The third-order valence-corrected chi connectivity index (χ3v) is 2.95. The number of fused-ring (bicyclic) bond motifs is 1. The van der Waals surface area contributed by atoms with Crippen molar-refractivity contribution in [2.45, 2.75) is 5.50 Å². The van der Waals surface area contributed by atoms with Crippen LogP contribution >= 0.6 is 11.6 Å². The van der Waals surface area contributed by atoms with Crippen molar-refractivity contribution in [2.24, 2.45) is 0 Å². The fourth-order valence-electron chi connectivity index (χ4n) is 1.83. The number of allylic oxidation sites excluding steroid dienone is 1. The van der Waals surface area contributed by atoms with Crippen molar-refractivity contribution in [1.82, 2.24) is 9.78 Å². The molecule has 0 bridgehead atoms. The molecule has 1 aliphatic rings. The average molecular weight is 250 g/mol. The van der Waals surface area contributed by atoms with Crippen molar-refractivity contribution in [1.29, 1.82) is 0 Å². The van der Waals surface area contributed by atoms with Gasteiger partial charge in [0.1, 0.15) is 17.1 Å². The Kier molecular flexibility index (Phi) is 2.37. The zero-order valence-corrected chi connectivity index (χ0v) is 9.53. The van der Waals surface area contributed by atoms with Gasteiger partial charge in [-0.25, -0.2) is 9.07 Å². The molecule has 1 atom stereocenters. The van der Waals surface area contributed by atoms with E-state index in [0.717, 1.165) is 5.82 Å². The van der Waals surface area contributed by atoms with Gasteiger partial charge in [-0.15, -0.1) is 0 Å². The Balaban J connectivity index is 2.04. The molecular formula is C12H9ClFN3. The van der Waals surface area contributed by atoms with E-state index >= 15 is 0 Å². The molecule has 17 heavy (non-hydrogen) atoms. The lowest BCUT2D eigenvalue weighted by atomic mass is 10.1. The summed E-state index contributed by atoms with van der Waals surface area (Å²) in [6.45, 7) is 0. The van der Waals surface area contributed by atoms with Gasteiger partial charge >= 0.3 is 0 Å². The minimum Gasteiger partial charge on any atom is -0.340 e. The molecule has 0 aliphatic carbocycles. The third-order valence-electron chi connectivity index (χ3n) is 2.63. The topological polar surface area (TPSA) is 29.9 Å². The summed E-state index contributed by atoms with van der Waals surface area (Å²) in [5, 5.41) is 7.17. The molecule has 1 unspecified atom stereocenters. The molecule has 0 saturated heterocycles. The van der Waals surface area contributed by atoms with Gasteiger partial charge < -0.3 is 5.32 Å². The van der Waals surface area contributed by atoms with Crippen LogP contribution in [0.4, 0.5) is 10.2 Å². The number of halogens is 2. The Bertz CT molecular complexity index is 591. The van der Waals surface area contributed by atoms with Crippen molar-refractivity contribution < 1.29 is 4.39 Å². The average Bonchev–Trinajstić information content (AvgIpc) is 2.78. The lowest BCUT2D eigenvalue weighted by Crippen LogP contribution is -2.15. The molecule has 2 aromatic rings. The second-order valence-electron chi connectivity index (χ2n) is 3.72. The van der Waals surface area contributed by atoms with Gasteiger partial charge in [0.15, 0.2) is 0 Å². The first-order chi connectivity index (χ1) is 8.25.